The van der Waals surface area contributed by atoms with Gasteiger partial charge in [0.1, 0.15) is 17.0 Å². The lowest BCUT2D eigenvalue weighted by atomic mass is 9.82. The third-order valence-corrected chi connectivity index (χ3v) is 8.30. The van der Waals surface area contributed by atoms with E-state index >= 15 is 0 Å². The van der Waals surface area contributed by atoms with Gasteiger partial charge in [-0.25, -0.2) is 23.2 Å². The summed E-state index contributed by atoms with van der Waals surface area (Å²) < 4.78 is 28.2. The molecule has 4 aromatic rings. The van der Waals surface area contributed by atoms with Gasteiger partial charge >= 0.3 is 12.1 Å². The lowest BCUT2D eigenvalue weighted by Crippen LogP contribution is -2.43. The van der Waals surface area contributed by atoms with Gasteiger partial charge in [0.05, 0.1) is 23.5 Å². The standard InChI is InChI=1S/C36H43FN4O5/c1-8-45-34(43)29-21-39(38-32(29)40(22(2)3)33(42)25-11-9-23(4)10-12-25)28-16-13-24(14-17-28)31-20-26-19-27(37)15-18-30(26)41(31)35(44)46-36(5,6)7/h13-23,25H,8-12H2,1-7H3. The van der Waals surface area contributed by atoms with E-state index in [4.69, 9.17) is 14.6 Å². The average Bonchev–Trinajstić information content (AvgIpc) is 3.59. The van der Waals surface area contributed by atoms with Crippen LogP contribution in [0.5, 0.6) is 0 Å². The van der Waals surface area contributed by atoms with Gasteiger partial charge in [-0.3, -0.25) is 9.69 Å². The van der Waals surface area contributed by atoms with Gasteiger partial charge in [-0.2, -0.15) is 0 Å². The Kier molecular flexibility index (Phi) is 9.37. The first-order chi connectivity index (χ1) is 21.8. The molecule has 1 fully saturated rings. The molecule has 2 aromatic heterocycles. The van der Waals surface area contributed by atoms with Crippen LogP contribution in [0.25, 0.3) is 27.8 Å². The number of esters is 1. The van der Waals surface area contributed by atoms with E-state index in [1.54, 1.807) is 55.6 Å². The van der Waals surface area contributed by atoms with Crippen molar-refractivity contribution >= 4 is 34.7 Å². The number of fused-ring (bicyclic) bond motifs is 1. The Bertz CT molecular complexity index is 1740. The number of benzene rings is 2. The van der Waals surface area contributed by atoms with Crippen LogP contribution < -0.4 is 4.90 Å². The third-order valence-electron chi connectivity index (χ3n) is 8.30. The maximum atomic E-state index is 14.1. The molecule has 46 heavy (non-hydrogen) atoms. The van der Waals surface area contributed by atoms with Gasteiger partial charge in [-0.15, -0.1) is 5.10 Å². The number of halogens is 1. The topological polar surface area (TPSA) is 95.7 Å². The Morgan fingerprint density at radius 1 is 1.02 bits per heavy atom. The van der Waals surface area contributed by atoms with Crippen LogP contribution >= 0.6 is 0 Å². The maximum absolute atomic E-state index is 14.1. The van der Waals surface area contributed by atoms with Crippen molar-refractivity contribution in [2.75, 3.05) is 11.5 Å². The normalized spacial score (nSPS) is 16.9. The van der Waals surface area contributed by atoms with E-state index in [0.29, 0.717) is 33.8 Å². The van der Waals surface area contributed by atoms with Gasteiger partial charge in [-0.1, -0.05) is 19.1 Å². The number of carbonyl (C=O) groups excluding carboxylic acids is 3. The second-order valence-corrected chi connectivity index (χ2v) is 13.4. The summed E-state index contributed by atoms with van der Waals surface area (Å²) in [6, 6.07) is 13.0. The first-order valence-electron chi connectivity index (χ1n) is 16.0. The molecule has 1 aliphatic carbocycles. The quantitative estimate of drug-likeness (QED) is 0.191. The van der Waals surface area contributed by atoms with Crippen molar-refractivity contribution in [1.82, 2.24) is 14.3 Å². The number of ether oxygens (including phenoxy) is 2. The fourth-order valence-electron chi connectivity index (χ4n) is 6.02. The second kappa shape index (κ2) is 13.1. The van der Waals surface area contributed by atoms with Gasteiger partial charge in [-0.05, 0) is 115 Å². The smallest absolute Gasteiger partial charge is 0.419 e. The first-order valence-corrected chi connectivity index (χ1v) is 16.0. The van der Waals surface area contributed by atoms with Gasteiger partial charge in [0, 0.05) is 23.5 Å². The van der Waals surface area contributed by atoms with E-state index in [9.17, 15) is 18.8 Å². The highest BCUT2D eigenvalue weighted by Gasteiger charge is 2.34. The molecular formula is C36H43FN4O5. The third kappa shape index (κ3) is 6.85. The molecule has 0 unspecified atom stereocenters. The minimum absolute atomic E-state index is 0.0283. The molecule has 1 amide bonds. The van der Waals surface area contributed by atoms with E-state index in [1.807, 2.05) is 38.1 Å². The highest BCUT2D eigenvalue weighted by atomic mass is 19.1. The summed E-state index contributed by atoms with van der Waals surface area (Å²) in [5, 5.41) is 5.33. The molecule has 2 heterocycles. The number of hydrogen-bond acceptors (Lipinski definition) is 6. The van der Waals surface area contributed by atoms with Crippen LogP contribution in [0.3, 0.4) is 0 Å². The van der Waals surface area contributed by atoms with Crippen LogP contribution in [0.4, 0.5) is 15.0 Å². The van der Waals surface area contributed by atoms with Crippen molar-refractivity contribution in [3.05, 3.63) is 66.1 Å². The summed E-state index contributed by atoms with van der Waals surface area (Å²) in [7, 11) is 0. The zero-order valence-corrected chi connectivity index (χ0v) is 27.7. The molecular weight excluding hydrogens is 587 g/mol. The predicted molar refractivity (Wildman–Crippen MR) is 176 cm³/mol. The molecule has 0 N–H and O–H groups in total. The van der Waals surface area contributed by atoms with Crippen LogP contribution in [0.1, 0.15) is 84.5 Å². The van der Waals surface area contributed by atoms with Crippen molar-refractivity contribution in [3.8, 4) is 16.9 Å². The number of aromatic nitrogens is 3. The van der Waals surface area contributed by atoms with Crippen LogP contribution in [0.2, 0.25) is 0 Å². The number of amides is 1. The van der Waals surface area contributed by atoms with Crippen molar-refractivity contribution in [3.63, 3.8) is 0 Å². The number of rotatable bonds is 7. The first kappa shape index (κ1) is 32.9. The molecule has 9 nitrogen and oxygen atoms in total. The maximum Gasteiger partial charge on any atom is 0.419 e. The largest absolute Gasteiger partial charge is 0.462 e. The minimum Gasteiger partial charge on any atom is -0.462 e. The molecule has 0 atom stereocenters. The van der Waals surface area contributed by atoms with E-state index in [2.05, 4.69) is 6.92 Å². The molecule has 0 radical (unpaired) electrons. The molecule has 2 aromatic carbocycles. The monoisotopic (exact) mass is 630 g/mol. The predicted octanol–water partition coefficient (Wildman–Crippen LogP) is 8.16. The summed E-state index contributed by atoms with van der Waals surface area (Å²) in [6.07, 6.45) is 4.63. The molecule has 0 aliphatic heterocycles. The van der Waals surface area contributed by atoms with Gasteiger partial charge in [0.2, 0.25) is 5.91 Å². The molecule has 5 rings (SSSR count). The molecule has 0 spiro atoms. The summed E-state index contributed by atoms with van der Waals surface area (Å²) in [5.74, 6) is -0.240. The van der Waals surface area contributed by atoms with Gasteiger partial charge in [0.25, 0.3) is 0 Å². The Hall–Kier alpha value is -4.47. The minimum atomic E-state index is -0.732. The van der Waals surface area contributed by atoms with Gasteiger partial charge in [0.15, 0.2) is 5.82 Å². The Morgan fingerprint density at radius 3 is 2.30 bits per heavy atom. The number of carbonyl (C=O) groups is 3. The molecule has 244 valence electrons. The molecule has 1 saturated carbocycles. The fourth-order valence-corrected chi connectivity index (χ4v) is 6.02. The summed E-state index contributed by atoms with van der Waals surface area (Å²) in [4.78, 5) is 42.0. The van der Waals surface area contributed by atoms with Crippen molar-refractivity contribution in [2.24, 2.45) is 11.8 Å². The van der Waals surface area contributed by atoms with Crippen LogP contribution in [-0.2, 0) is 14.3 Å². The Balaban J connectivity index is 1.54. The Morgan fingerprint density at radius 2 is 1.70 bits per heavy atom. The van der Waals surface area contributed by atoms with Crippen LogP contribution in [0, 0.1) is 17.7 Å². The van der Waals surface area contributed by atoms with Gasteiger partial charge < -0.3 is 9.47 Å². The van der Waals surface area contributed by atoms with E-state index < -0.39 is 23.5 Å². The zero-order chi connectivity index (χ0) is 33.3. The molecule has 1 aliphatic rings. The molecule has 0 saturated heterocycles. The Labute approximate surface area is 269 Å². The summed E-state index contributed by atoms with van der Waals surface area (Å²) in [5.41, 5.74) is 1.86. The van der Waals surface area contributed by atoms with E-state index in [0.717, 1.165) is 25.7 Å². The fraction of sp³-hybridized carbons (Fsp3) is 0.444. The van der Waals surface area contributed by atoms with E-state index in [-0.39, 0.29) is 35.9 Å². The number of anilines is 1. The molecule has 10 heteroatoms. The van der Waals surface area contributed by atoms with Crippen molar-refractivity contribution in [1.29, 1.82) is 0 Å². The number of nitrogens with zero attached hydrogens (tertiary/aromatic N) is 4. The van der Waals surface area contributed by atoms with Crippen molar-refractivity contribution in [2.45, 2.75) is 85.8 Å². The van der Waals surface area contributed by atoms with Crippen molar-refractivity contribution < 1.29 is 28.2 Å². The van der Waals surface area contributed by atoms with Crippen LogP contribution in [-0.4, -0.2) is 50.6 Å². The lowest BCUT2D eigenvalue weighted by Gasteiger charge is -2.32. The summed E-state index contributed by atoms with van der Waals surface area (Å²) >= 11 is 0. The highest BCUT2D eigenvalue weighted by Crippen LogP contribution is 2.34. The van der Waals surface area contributed by atoms with E-state index in [1.165, 1.54) is 16.7 Å². The highest BCUT2D eigenvalue weighted by molar-refractivity contribution is 6.02. The number of hydrogen-bond donors (Lipinski definition) is 0. The zero-order valence-electron chi connectivity index (χ0n) is 27.7. The lowest BCUT2D eigenvalue weighted by molar-refractivity contribution is -0.124. The molecule has 0 bridgehead atoms. The summed E-state index contributed by atoms with van der Waals surface area (Å²) in [6.45, 7) is 13.3. The average molecular weight is 631 g/mol. The second-order valence-electron chi connectivity index (χ2n) is 13.4. The SMILES string of the molecule is CCOC(=O)c1cn(-c2ccc(-c3cc4cc(F)ccc4n3C(=O)OC(C)(C)C)cc2)nc1N(C(=O)C1CCC(C)CC1)C(C)C. The van der Waals surface area contributed by atoms with Crippen LogP contribution in [0.15, 0.2) is 54.7 Å².